The number of pyridine rings is 1. The minimum absolute atomic E-state index is 0.154. The van der Waals surface area contributed by atoms with Crippen LogP contribution in [0, 0.1) is 6.92 Å². The summed E-state index contributed by atoms with van der Waals surface area (Å²) in [5.74, 6) is 0. The number of rotatable bonds is 3. The van der Waals surface area contributed by atoms with Gasteiger partial charge in [-0.3, -0.25) is 4.98 Å². The summed E-state index contributed by atoms with van der Waals surface area (Å²) in [6.45, 7) is 2.07. The van der Waals surface area contributed by atoms with Gasteiger partial charge in [-0.15, -0.1) is 0 Å². The molecule has 2 nitrogen and oxygen atoms in total. The Morgan fingerprint density at radius 2 is 2.12 bits per heavy atom. The van der Waals surface area contributed by atoms with Crippen molar-refractivity contribution in [2.24, 2.45) is 0 Å². The molecule has 0 bridgehead atoms. The van der Waals surface area contributed by atoms with Crippen LogP contribution in [0.25, 0.3) is 0 Å². The third-order valence-corrected chi connectivity index (χ3v) is 3.08. The molecule has 2 aromatic rings. The molecule has 0 radical (unpaired) electrons. The largest absolute Gasteiger partial charge is 0.309 e. The fourth-order valence-corrected chi connectivity index (χ4v) is 2.24. The van der Waals surface area contributed by atoms with Gasteiger partial charge in [0.1, 0.15) is 0 Å². The minimum Gasteiger partial charge on any atom is -0.309 e. The van der Waals surface area contributed by atoms with Gasteiger partial charge < -0.3 is 5.32 Å². The molecule has 0 spiro atoms. The molecule has 1 N–H and O–H groups in total. The Morgan fingerprint density at radius 3 is 2.71 bits per heavy atom. The molecule has 1 aromatic heterocycles. The number of hydrogen-bond donors (Lipinski definition) is 1. The average Bonchev–Trinajstić information content (AvgIpc) is 2.34. The maximum atomic E-state index is 5.98. The van der Waals surface area contributed by atoms with Gasteiger partial charge in [0.2, 0.25) is 0 Å². The van der Waals surface area contributed by atoms with Gasteiger partial charge in [-0.1, -0.05) is 23.7 Å². The number of nitrogens with zero attached hydrogens (tertiary/aromatic N) is 1. The zero-order valence-corrected chi connectivity index (χ0v) is 10.7. The third kappa shape index (κ3) is 2.65. The van der Waals surface area contributed by atoms with Gasteiger partial charge in [0.25, 0.3) is 0 Å². The van der Waals surface area contributed by atoms with Gasteiger partial charge in [-0.2, -0.15) is 0 Å². The Labute approximate surface area is 107 Å². The van der Waals surface area contributed by atoms with E-state index in [2.05, 4.69) is 29.4 Å². The highest BCUT2D eigenvalue weighted by molar-refractivity contribution is 6.30. The van der Waals surface area contributed by atoms with E-state index < -0.39 is 0 Å². The predicted molar refractivity (Wildman–Crippen MR) is 71.3 cm³/mol. The van der Waals surface area contributed by atoms with Gasteiger partial charge in [0, 0.05) is 17.4 Å². The van der Waals surface area contributed by atoms with Crippen LogP contribution in [0.5, 0.6) is 0 Å². The normalized spacial score (nSPS) is 12.4. The van der Waals surface area contributed by atoms with Gasteiger partial charge in [-0.05, 0) is 48.9 Å². The van der Waals surface area contributed by atoms with Crippen molar-refractivity contribution in [1.29, 1.82) is 0 Å². The van der Waals surface area contributed by atoms with Crippen molar-refractivity contribution in [2.45, 2.75) is 13.0 Å². The van der Waals surface area contributed by atoms with Crippen molar-refractivity contribution in [3.63, 3.8) is 0 Å². The maximum Gasteiger partial charge on any atom is 0.0592 e. The van der Waals surface area contributed by atoms with E-state index in [-0.39, 0.29) is 6.04 Å². The van der Waals surface area contributed by atoms with Crippen LogP contribution < -0.4 is 5.32 Å². The molecular weight excluding hydrogens is 232 g/mol. The molecule has 0 aliphatic rings. The van der Waals surface area contributed by atoms with E-state index in [9.17, 15) is 0 Å². The first-order chi connectivity index (χ1) is 8.22. The SMILES string of the molecule is CNC(c1cccnc1)c1ccc(Cl)cc1C. The molecule has 88 valence electrons. The monoisotopic (exact) mass is 246 g/mol. The van der Waals surface area contributed by atoms with Crippen LogP contribution >= 0.6 is 11.6 Å². The second-order valence-electron chi connectivity index (χ2n) is 4.01. The summed E-state index contributed by atoms with van der Waals surface area (Å²) in [7, 11) is 1.95. The fraction of sp³-hybridized carbons (Fsp3) is 0.214. The van der Waals surface area contributed by atoms with E-state index in [0.717, 1.165) is 10.6 Å². The lowest BCUT2D eigenvalue weighted by Gasteiger charge is -2.19. The second kappa shape index (κ2) is 5.30. The first kappa shape index (κ1) is 12.1. The van der Waals surface area contributed by atoms with Crippen LogP contribution in [0.15, 0.2) is 42.7 Å². The Hall–Kier alpha value is -1.38. The standard InChI is InChI=1S/C14H15ClN2/c1-10-8-12(15)5-6-13(10)14(16-2)11-4-3-7-17-9-11/h3-9,14,16H,1-2H3. The highest BCUT2D eigenvalue weighted by Crippen LogP contribution is 2.25. The van der Waals surface area contributed by atoms with Crippen LogP contribution in [0.3, 0.4) is 0 Å². The molecule has 1 atom stereocenters. The van der Waals surface area contributed by atoms with Crippen molar-refractivity contribution in [3.05, 3.63) is 64.4 Å². The van der Waals surface area contributed by atoms with Crippen LogP contribution in [-0.4, -0.2) is 12.0 Å². The van der Waals surface area contributed by atoms with Crippen molar-refractivity contribution < 1.29 is 0 Å². The molecule has 2 rings (SSSR count). The number of nitrogens with one attached hydrogen (secondary N) is 1. The van der Waals surface area contributed by atoms with Crippen LogP contribution in [0.4, 0.5) is 0 Å². The average molecular weight is 247 g/mol. The van der Waals surface area contributed by atoms with E-state index in [0.29, 0.717) is 0 Å². The predicted octanol–water partition coefficient (Wildman–Crippen LogP) is 3.35. The molecule has 1 heterocycles. The molecule has 0 aliphatic carbocycles. The van der Waals surface area contributed by atoms with E-state index in [1.165, 1.54) is 11.1 Å². The molecule has 0 amide bonds. The third-order valence-electron chi connectivity index (χ3n) is 2.85. The molecule has 0 saturated carbocycles. The summed E-state index contributed by atoms with van der Waals surface area (Å²) in [6, 6.07) is 10.1. The van der Waals surface area contributed by atoms with Crippen molar-refractivity contribution in [2.75, 3.05) is 7.05 Å². The summed E-state index contributed by atoms with van der Waals surface area (Å²) in [5, 5.41) is 4.08. The van der Waals surface area contributed by atoms with Gasteiger partial charge in [-0.25, -0.2) is 0 Å². The highest BCUT2D eigenvalue weighted by Gasteiger charge is 2.14. The lowest BCUT2D eigenvalue weighted by Crippen LogP contribution is -2.18. The van der Waals surface area contributed by atoms with Crippen molar-refractivity contribution >= 4 is 11.6 Å². The zero-order valence-electron chi connectivity index (χ0n) is 9.94. The number of aryl methyl sites for hydroxylation is 1. The topological polar surface area (TPSA) is 24.9 Å². The van der Waals surface area contributed by atoms with Crippen LogP contribution in [-0.2, 0) is 0 Å². The van der Waals surface area contributed by atoms with Crippen LogP contribution in [0.2, 0.25) is 5.02 Å². The quantitative estimate of drug-likeness (QED) is 0.899. The van der Waals surface area contributed by atoms with Crippen molar-refractivity contribution in [1.82, 2.24) is 10.3 Å². The molecule has 0 aliphatic heterocycles. The molecule has 0 fully saturated rings. The van der Waals surface area contributed by atoms with Gasteiger partial charge in [0.15, 0.2) is 0 Å². The van der Waals surface area contributed by atoms with E-state index in [1.54, 1.807) is 6.20 Å². The zero-order chi connectivity index (χ0) is 12.3. The second-order valence-corrected chi connectivity index (χ2v) is 4.45. The molecule has 1 aromatic carbocycles. The molecule has 0 saturated heterocycles. The van der Waals surface area contributed by atoms with Gasteiger partial charge in [0.05, 0.1) is 6.04 Å². The number of hydrogen-bond acceptors (Lipinski definition) is 2. The number of benzene rings is 1. The summed E-state index contributed by atoms with van der Waals surface area (Å²) < 4.78 is 0. The van der Waals surface area contributed by atoms with Crippen molar-refractivity contribution in [3.8, 4) is 0 Å². The molecule has 1 unspecified atom stereocenters. The lowest BCUT2D eigenvalue weighted by atomic mass is 9.96. The first-order valence-corrected chi connectivity index (χ1v) is 5.93. The minimum atomic E-state index is 0.154. The number of aromatic nitrogens is 1. The van der Waals surface area contributed by atoms with Gasteiger partial charge >= 0.3 is 0 Å². The smallest absolute Gasteiger partial charge is 0.0592 e. The summed E-state index contributed by atoms with van der Waals surface area (Å²) in [4.78, 5) is 4.16. The molecule has 3 heteroatoms. The van der Waals surface area contributed by atoms with E-state index in [1.807, 2.05) is 31.4 Å². The van der Waals surface area contributed by atoms with E-state index >= 15 is 0 Å². The fourth-order valence-electron chi connectivity index (χ4n) is 2.01. The Bertz CT molecular complexity index is 497. The molecule has 17 heavy (non-hydrogen) atoms. The Kier molecular flexibility index (Phi) is 3.77. The molecular formula is C14H15ClN2. The summed E-state index contributed by atoms with van der Waals surface area (Å²) in [5.41, 5.74) is 3.56. The Balaban J connectivity index is 2.42. The summed E-state index contributed by atoms with van der Waals surface area (Å²) in [6.07, 6.45) is 3.67. The highest BCUT2D eigenvalue weighted by atomic mass is 35.5. The lowest BCUT2D eigenvalue weighted by molar-refractivity contribution is 0.684. The Morgan fingerprint density at radius 1 is 1.29 bits per heavy atom. The first-order valence-electron chi connectivity index (χ1n) is 5.55. The summed E-state index contributed by atoms with van der Waals surface area (Å²) >= 11 is 5.98. The number of halogens is 1. The van der Waals surface area contributed by atoms with E-state index in [4.69, 9.17) is 11.6 Å². The van der Waals surface area contributed by atoms with Crippen LogP contribution in [0.1, 0.15) is 22.7 Å². The maximum absolute atomic E-state index is 5.98.